The summed E-state index contributed by atoms with van der Waals surface area (Å²) in [6.07, 6.45) is 4.07. The summed E-state index contributed by atoms with van der Waals surface area (Å²) in [5.41, 5.74) is 0. The van der Waals surface area contributed by atoms with Crippen LogP contribution in [0.25, 0.3) is 0 Å². The molecule has 0 spiro atoms. The molecule has 0 rings (SSSR count). The van der Waals surface area contributed by atoms with Crippen LogP contribution >= 0.6 is 18.6 Å². The van der Waals surface area contributed by atoms with Gasteiger partial charge in [-0.2, -0.15) is 0 Å². The predicted octanol–water partition coefficient (Wildman–Crippen LogP) is -0.837. The molecule has 58 valence electrons. The summed E-state index contributed by atoms with van der Waals surface area (Å²) in [5, 5.41) is 3.41. The average molecular weight is 354 g/mol. The Labute approximate surface area is 77.8 Å². The SMILES string of the molecule is CCCCCNC[I-]I. The zero-order chi connectivity index (χ0) is 6.95. The number of rotatable bonds is 6. The summed E-state index contributed by atoms with van der Waals surface area (Å²) in [4.78, 5) is 0. The van der Waals surface area contributed by atoms with Crippen LogP contribution in [0.2, 0.25) is 0 Å². The predicted molar refractivity (Wildman–Crippen MR) is 46.4 cm³/mol. The van der Waals surface area contributed by atoms with E-state index in [1.54, 1.807) is 0 Å². The quantitative estimate of drug-likeness (QED) is 0.284. The van der Waals surface area contributed by atoms with Gasteiger partial charge in [-0.25, -0.2) is 0 Å². The molecule has 0 aliphatic heterocycles. The van der Waals surface area contributed by atoms with Crippen molar-refractivity contribution in [3.63, 3.8) is 0 Å². The molecule has 0 fully saturated rings. The average Bonchev–Trinajstić information content (AvgIpc) is 1.89. The van der Waals surface area contributed by atoms with Crippen molar-refractivity contribution in [1.82, 2.24) is 5.32 Å². The molecule has 0 saturated carbocycles. The summed E-state index contributed by atoms with van der Waals surface area (Å²) in [5.74, 6) is 0. The van der Waals surface area contributed by atoms with Gasteiger partial charge in [0.1, 0.15) is 0 Å². The van der Waals surface area contributed by atoms with Crippen LogP contribution in [-0.4, -0.2) is 11.1 Å². The molecule has 0 atom stereocenters. The Morgan fingerprint density at radius 2 is 2.22 bits per heavy atom. The summed E-state index contributed by atoms with van der Waals surface area (Å²) < 4.78 is 1.28. The first kappa shape index (κ1) is 10.4. The van der Waals surface area contributed by atoms with E-state index in [2.05, 4.69) is 30.9 Å². The molecule has 0 aromatic rings. The minimum atomic E-state index is 0.444. The molecule has 0 aromatic heterocycles. The molecule has 1 N–H and O–H groups in total. The summed E-state index contributed by atoms with van der Waals surface area (Å²) in [7, 11) is 0. The van der Waals surface area contributed by atoms with Crippen molar-refractivity contribution < 1.29 is 17.2 Å². The van der Waals surface area contributed by atoms with E-state index in [1.165, 1.54) is 30.4 Å². The van der Waals surface area contributed by atoms with Crippen LogP contribution in [0, 0.1) is 0 Å². The Balaban J connectivity index is 2.60. The molecular formula is C6H14I2N-. The Bertz CT molecular complexity index is 44.3. The summed E-state index contributed by atoms with van der Waals surface area (Å²) >= 11 is 2.94. The van der Waals surface area contributed by atoms with E-state index in [4.69, 9.17) is 0 Å². The molecule has 0 saturated heterocycles. The van der Waals surface area contributed by atoms with Crippen molar-refractivity contribution in [2.75, 3.05) is 11.1 Å². The fraction of sp³-hybridized carbons (Fsp3) is 1.00. The number of hydrogen-bond donors (Lipinski definition) is 1. The second-order valence-electron chi connectivity index (χ2n) is 1.94. The Kier molecular flexibility index (Phi) is 10.9. The third-order valence-corrected chi connectivity index (χ3v) is 3.86. The normalized spacial score (nSPS) is 10.4. The van der Waals surface area contributed by atoms with Crippen LogP contribution in [-0.2, 0) is 0 Å². The van der Waals surface area contributed by atoms with Gasteiger partial charge in [-0.3, -0.25) is 0 Å². The first-order chi connectivity index (χ1) is 4.41. The first-order valence-corrected chi connectivity index (χ1v) is 11.1. The molecule has 0 aliphatic carbocycles. The molecule has 0 aromatic carbocycles. The van der Waals surface area contributed by atoms with Gasteiger partial charge < -0.3 is 0 Å². The van der Waals surface area contributed by atoms with E-state index in [1.807, 2.05) is 0 Å². The third-order valence-electron chi connectivity index (χ3n) is 1.10. The van der Waals surface area contributed by atoms with Gasteiger partial charge in [-0.05, 0) is 0 Å². The van der Waals surface area contributed by atoms with E-state index in [9.17, 15) is 0 Å². The van der Waals surface area contributed by atoms with Gasteiger partial charge in [-0.1, -0.05) is 0 Å². The Morgan fingerprint density at radius 3 is 2.78 bits per heavy atom. The Morgan fingerprint density at radius 1 is 1.44 bits per heavy atom. The molecule has 9 heavy (non-hydrogen) atoms. The monoisotopic (exact) mass is 354 g/mol. The van der Waals surface area contributed by atoms with Crippen molar-refractivity contribution in [3.05, 3.63) is 0 Å². The maximum atomic E-state index is 3.41. The number of hydrogen-bond acceptors (Lipinski definition) is 1. The molecule has 1 nitrogen and oxygen atoms in total. The zero-order valence-electron chi connectivity index (χ0n) is 5.79. The Hall–Kier alpha value is 1.42. The van der Waals surface area contributed by atoms with Crippen LogP contribution in [0.15, 0.2) is 0 Å². The fourth-order valence-corrected chi connectivity index (χ4v) is 2.56. The van der Waals surface area contributed by atoms with Gasteiger partial charge in [0.15, 0.2) is 0 Å². The molecule has 0 bridgehead atoms. The van der Waals surface area contributed by atoms with Gasteiger partial charge in [0.25, 0.3) is 0 Å². The first-order valence-electron chi connectivity index (χ1n) is 3.32. The van der Waals surface area contributed by atoms with Crippen LogP contribution in [0.3, 0.4) is 0 Å². The topological polar surface area (TPSA) is 12.0 Å². The van der Waals surface area contributed by atoms with Gasteiger partial charge >= 0.3 is 78.4 Å². The molecule has 0 radical (unpaired) electrons. The van der Waals surface area contributed by atoms with Crippen molar-refractivity contribution in [2.24, 2.45) is 0 Å². The van der Waals surface area contributed by atoms with Crippen molar-refractivity contribution >= 4 is 18.6 Å². The van der Waals surface area contributed by atoms with Crippen LogP contribution in [0.5, 0.6) is 0 Å². The number of alkyl halides is 1. The van der Waals surface area contributed by atoms with Crippen LogP contribution in [0.1, 0.15) is 26.2 Å². The van der Waals surface area contributed by atoms with Crippen LogP contribution < -0.4 is 22.5 Å². The van der Waals surface area contributed by atoms with Crippen molar-refractivity contribution in [3.8, 4) is 0 Å². The minimum absolute atomic E-state index is 0.444. The van der Waals surface area contributed by atoms with Crippen molar-refractivity contribution in [2.45, 2.75) is 26.2 Å². The number of halogens is 2. The molecular weight excluding hydrogens is 340 g/mol. The van der Waals surface area contributed by atoms with E-state index in [0.717, 1.165) is 0 Å². The maximum absolute atomic E-state index is 3.41. The zero-order valence-corrected chi connectivity index (χ0v) is 10.1. The molecule has 0 heterocycles. The molecule has 0 aliphatic rings. The van der Waals surface area contributed by atoms with Crippen LogP contribution in [0.4, 0.5) is 0 Å². The second kappa shape index (κ2) is 9.42. The number of nitrogens with one attached hydrogen (secondary N) is 1. The summed E-state index contributed by atoms with van der Waals surface area (Å²) in [6, 6.07) is 0. The van der Waals surface area contributed by atoms with E-state index in [-0.39, 0.29) is 0 Å². The number of unbranched alkanes of at least 4 members (excludes halogenated alkanes) is 2. The van der Waals surface area contributed by atoms with Crippen molar-refractivity contribution in [1.29, 1.82) is 0 Å². The molecule has 0 amide bonds. The fourth-order valence-electron chi connectivity index (χ4n) is 0.603. The van der Waals surface area contributed by atoms with E-state index >= 15 is 0 Å². The molecule has 3 heteroatoms. The van der Waals surface area contributed by atoms with Gasteiger partial charge in [-0.15, -0.1) is 0 Å². The van der Waals surface area contributed by atoms with E-state index in [0.29, 0.717) is 17.2 Å². The second-order valence-corrected chi connectivity index (χ2v) is 7.15. The van der Waals surface area contributed by atoms with Gasteiger partial charge in [0, 0.05) is 0 Å². The van der Waals surface area contributed by atoms with Gasteiger partial charge in [0.05, 0.1) is 0 Å². The third kappa shape index (κ3) is 9.42. The summed E-state index contributed by atoms with van der Waals surface area (Å²) in [6.45, 7) is 3.47. The van der Waals surface area contributed by atoms with E-state index < -0.39 is 0 Å². The standard InChI is InChI=1S/C6H14I2N/c1-2-3-4-5-9-6-8-7/h9H,2-6H2,1H3/q-1. The van der Waals surface area contributed by atoms with Gasteiger partial charge in [0.2, 0.25) is 0 Å². The molecule has 0 unspecified atom stereocenters.